The number of hydrogen-bond acceptors (Lipinski definition) is 0. The Morgan fingerprint density at radius 3 is 1.28 bits per heavy atom. The van der Waals surface area contributed by atoms with Crippen LogP contribution in [0.15, 0.2) is 109 Å². The van der Waals surface area contributed by atoms with E-state index in [1.807, 2.05) is 0 Å². The van der Waals surface area contributed by atoms with Crippen LogP contribution in [0.4, 0.5) is 26.3 Å². The average molecular weight is 718 g/mol. The average Bonchev–Trinajstić information content (AvgIpc) is 4.01. The maximum absolute atomic E-state index is 13.8. The van der Waals surface area contributed by atoms with Crippen molar-refractivity contribution < 1.29 is 32.9 Å². The molecule has 4 aromatic rings. The third-order valence-electron chi connectivity index (χ3n) is 21.2. The number of benzene rings is 4. The van der Waals surface area contributed by atoms with Crippen molar-refractivity contribution in [3.8, 4) is 0 Å². The topological polar surface area (TPSA) is 0 Å². The Labute approximate surface area is 261 Å². The monoisotopic (exact) mass is 718 g/mol. The molecule has 10 fully saturated rings. The molecular weight excluding hydrogens is 688 g/mol. The van der Waals surface area contributed by atoms with E-state index in [0.717, 1.165) is 49.1 Å². The molecule has 10 aliphatic heterocycles. The van der Waals surface area contributed by atoms with E-state index in [9.17, 15) is 26.3 Å². The van der Waals surface area contributed by atoms with Crippen molar-refractivity contribution >= 4 is 37.1 Å². The van der Waals surface area contributed by atoms with Crippen LogP contribution in [-0.4, -0.2) is 9.71 Å². The molecule has 10 heterocycles. The first kappa shape index (κ1) is 25.8. The summed E-state index contributed by atoms with van der Waals surface area (Å²) in [5, 5.41) is 4.69. The first-order valence-electron chi connectivity index (χ1n) is 16.5. The summed E-state index contributed by atoms with van der Waals surface area (Å²) in [6.07, 6.45) is -8.88. The normalized spacial score (nSPS) is 53.7. The van der Waals surface area contributed by atoms with Gasteiger partial charge in [-0.2, -0.15) is 0 Å². The minimum absolute atomic E-state index is 0.143. The van der Waals surface area contributed by atoms with Gasteiger partial charge in [0.25, 0.3) is 0 Å². The van der Waals surface area contributed by atoms with E-state index in [2.05, 4.69) is 67.6 Å². The molecule has 10 aliphatic rings. The van der Waals surface area contributed by atoms with Crippen LogP contribution in [0, 0.1) is 0 Å². The fourth-order valence-electron chi connectivity index (χ4n) is 22.5. The number of hydrogen-bond donors (Lipinski definition) is 0. The van der Waals surface area contributed by atoms with Gasteiger partial charge in [0.1, 0.15) is 0 Å². The Morgan fingerprint density at radius 2 is 0.936 bits per heavy atom. The molecule has 6 unspecified atom stereocenters. The predicted octanol–water partition coefficient (Wildman–Crippen LogP) is 10.3. The molecule has 0 saturated carbocycles. The molecule has 0 aromatic heterocycles. The molecule has 47 heavy (non-hydrogen) atoms. The first-order chi connectivity index (χ1) is 22.2. The summed E-state index contributed by atoms with van der Waals surface area (Å²) in [6, 6.07) is 33.7. The third kappa shape index (κ3) is 0.826. The molecule has 10 saturated heterocycles. The number of fused-ring (bicyclic) bond motifs is 10. The zero-order chi connectivity index (χ0) is 31.9. The molecular formula is C38H30F6FeP2. The van der Waals surface area contributed by atoms with Gasteiger partial charge in [-0.1, -0.05) is 0 Å². The molecule has 14 rings (SSSR count). The van der Waals surface area contributed by atoms with Gasteiger partial charge in [-0.3, -0.25) is 0 Å². The molecule has 0 bridgehead atoms. The fraction of sp³-hybridized carbons (Fsp3) is 0.368. The van der Waals surface area contributed by atoms with Gasteiger partial charge < -0.3 is 0 Å². The van der Waals surface area contributed by atoms with Crippen LogP contribution in [0.1, 0.15) is 18.1 Å². The second-order valence-corrected chi connectivity index (χ2v) is 46.5. The van der Waals surface area contributed by atoms with E-state index in [1.165, 1.54) is 34.9 Å². The van der Waals surface area contributed by atoms with Crippen molar-refractivity contribution in [2.24, 2.45) is 0 Å². The van der Waals surface area contributed by atoms with Gasteiger partial charge in [0.15, 0.2) is 0 Å². The first-order valence-corrected chi connectivity index (χ1v) is 25.4. The molecule has 0 amide bonds. The van der Waals surface area contributed by atoms with Crippen molar-refractivity contribution in [3.63, 3.8) is 0 Å². The second-order valence-electron chi connectivity index (χ2n) is 17.9. The van der Waals surface area contributed by atoms with Crippen LogP contribution in [0.3, 0.4) is 0 Å². The summed E-state index contributed by atoms with van der Waals surface area (Å²) < 4.78 is 83.3. The van der Waals surface area contributed by atoms with Crippen molar-refractivity contribution in [3.05, 3.63) is 120 Å². The maximum atomic E-state index is 13.8. The molecule has 1 spiro atoms. The van der Waals surface area contributed by atoms with Crippen molar-refractivity contribution in [1.29, 1.82) is 0 Å². The summed E-state index contributed by atoms with van der Waals surface area (Å²) in [5.74, 6) is 0. The van der Waals surface area contributed by atoms with Gasteiger partial charge in [-0.25, -0.2) is 0 Å². The van der Waals surface area contributed by atoms with Gasteiger partial charge >= 0.3 is 262 Å². The number of rotatable bonds is 7. The zero-order valence-electron chi connectivity index (χ0n) is 25.1. The van der Waals surface area contributed by atoms with Gasteiger partial charge in [0.2, 0.25) is 0 Å². The molecule has 0 radical (unpaired) electrons. The van der Waals surface area contributed by atoms with Gasteiger partial charge in [-0.15, -0.1) is 0 Å². The molecule has 9 heteroatoms. The second kappa shape index (κ2) is 4.36. The Balaban J connectivity index is 1.04. The molecule has 6 atom stereocenters. The summed E-state index contributed by atoms with van der Waals surface area (Å²) >= 11 is 0. The van der Waals surface area contributed by atoms with Gasteiger partial charge in [0.05, 0.1) is 0 Å². The van der Waals surface area contributed by atoms with Crippen LogP contribution in [0.5, 0.6) is 0 Å². The molecule has 0 nitrogen and oxygen atoms in total. The van der Waals surface area contributed by atoms with E-state index < -0.39 is 45.8 Å². The van der Waals surface area contributed by atoms with E-state index >= 15 is 0 Å². The quantitative estimate of drug-likeness (QED) is 0.101. The summed E-state index contributed by atoms with van der Waals surface area (Å²) in [5.41, 5.74) is -0.873. The van der Waals surface area contributed by atoms with Crippen LogP contribution in [-0.2, 0) is 18.9 Å². The van der Waals surface area contributed by atoms with Crippen molar-refractivity contribution in [1.82, 2.24) is 0 Å². The summed E-state index contributed by atoms with van der Waals surface area (Å²) in [6.45, 7) is -1.82. The Hall–Kier alpha value is -2.16. The molecule has 4 aromatic carbocycles. The van der Waals surface area contributed by atoms with Crippen LogP contribution in [0.25, 0.3) is 0 Å². The molecule has 242 valence electrons. The van der Waals surface area contributed by atoms with Crippen LogP contribution in [0.2, 0.25) is 42.8 Å². The third-order valence-corrected chi connectivity index (χ3v) is 74.5. The Kier molecular flexibility index (Phi) is 2.39. The Bertz CT molecular complexity index is 2390. The molecule has 0 aliphatic carbocycles. The van der Waals surface area contributed by atoms with Crippen molar-refractivity contribution in [2.75, 3.05) is 0 Å². The predicted molar refractivity (Wildman–Crippen MR) is 173 cm³/mol. The van der Waals surface area contributed by atoms with Crippen LogP contribution >= 0.6 is 15.8 Å². The minimum atomic E-state index is -4.44. The van der Waals surface area contributed by atoms with E-state index in [0.29, 0.717) is 5.66 Å². The van der Waals surface area contributed by atoms with E-state index in [4.69, 9.17) is 0 Å². The van der Waals surface area contributed by atoms with Crippen molar-refractivity contribution in [2.45, 2.75) is 71.8 Å². The van der Waals surface area contributed by atoms with E-state index in [1.54, 1.807) is 24.3 Å². The van der Waals surface area contributed by atoms with Gasteiger partial charge in [-0.05, 0) is 0 Å². The Morgan fingerprint density at radius 1 is 0.532 bits per heavy atom. The summed E-state index contributed by atoms with van der Waals surface area (Å²) in [4.78, 5) is 7.14. The zero-order valence-corrected chi connectivity index (χ0v) is 28.0. The van der Waals surface area contributed by atoms with Gasteiger partial charge in [0, 0.05) is 0 Å². The fourth-order valence-corrected chi connectivity index (χ4v) is 120. The molecule has 0 N–H and O–H groups in total. The summed E-state index contributed by atoms with van der Waals surface area (Å²) in [7, 11) is -1.84. The number of alkyl halides is 6. The SMILES string of the molecule is CC(P(c1ccccc1)c1ccccc1)[C]12[CH]3[CH]4[CH]5[C]1(P(c1ccc(C(F)(F)F)cc1)c1ccc(C(F)(F)F)cc1)[Fe]43521678[CH]2[CH]1[CH]6[CH]7[CH]28. The van der Waals surface area contributed by atoms with E-state index in [-0.39, 0.29) is 8.37 Å². The van der Waals surface area contributed by atoms with Crippen LogP contribution < -0.4 is 21.2 Å². The number of halogens is 6. The standard InChI is InChI=1S/C33H25F6P2.C5H5.Fe/c1-23(40(26-9-4-2-5-10-26)27-11-6-3-7-12-27)30-13-8-14-31(30)41(28-19-15-24(16-20-28)32(34,35)36)29-21-17-25(18-22-29)33(37,38)39;1-2-4-5-3-1;/h2-23H,1H3;1-5H;.